The number of aliphatic imine (C=N–C) groups is 1. The van der Waals surface area contributed by atoms with E-state index in [1.54, 1.807) is 29.4 Å². The SMILES string of the molecule is C=N/C(C)=C(\SC)c1ccc(CNC(=O)[C@@H]2C[C@@H](O)CN2C(=O)[C@@H](NC(=O)COCCOCCOCCOCCOCCN2CCN(C3CCC(Oc4ncnc5sc6c(c45)[C@@H](C[C@H](O)C(N)=O)CC6)CC3)CC2)C(C)(C)C)cc1. The number of fused-ring (bicyclic) bond motifs is 3. The van der Waals surface area contributed by atoms with Crippen molar-refractivity contribution in [2.75, 3.05) is 112 Å². The van der Waals surface area contributed by atoms with Crippen molar-refractivity contribution in [3.8, 4) is 5.88 Å². The number of rotatable bonds is 31. The number of aryl methyl sites for hydroxylation is 1. The van der Waals surface area contributed by atoms with E-state index in [9.17, 15) is 29.4 Å². The van der Waals surface area contributed by atoms with Gasteiger partial charge in [-0.1, -0.05) is 45.0 Å². The molecule has 2 aromatic heterocycles. The van der Waals surface area contributed by atoms with Crippen LogP contribution in [-0.4, -0.2) is 213 Å². The fourth-order valence-corrected chi connectivity index (χ4v) is 12.9. The first-order valence-electron chi connectivity index (χ1n) is 28.2. The van der Waals surface area contributed by atoms with Crippen molar-refractivity contribution in [1.82, 2.24) is 35.3 Å². The van der Waals surface area contributed by atoms with Crippen LogP contribution in [0.25, 0.3) is 15.1 Å². The van der Waals surface area contributed by atoms with Crippen molar-refractivity contribution in [1.29, 1.82) is 0 Å². The van der Waals surface area contributed by atoms with Crippen molar-refractivity contribution < 1.29 is 57.8 Å². The summed E-state index contributed by atoms with van der Waals surface area (Å²) in [5.74, 6) is -1.35. The van der Waals surface area contributed by atoms with Crippen molar-refractivity contribution in [3.05, 3.63) is 57.9 Å². The summed E-state index contributed by atoms with van der Waals surface area (Å²) in [6.07, 6.45) is 7.82. The minimum absolute atomic E-state index is 0.0215. The molecule has 4 amide bonds. The van der Waals surface area contributed by atoms with Crippen molar-refractivity contribution >= 4 is 68.6 Å². The van der Waals surface area contributed by atoms with Gasteiger partial charge in [-0.2, -0.15) is 0 Å². The number of β-amino-alcohol motifs (C(OH)–C–C–N with tert-alkyl or cyclic N) is 1. The summed E-state index contributed by atoms with van der Waals surface area (Å²) in [5.41, 5.74) is 8.50. The summed E-state index contributed by atoms with van der Waals surface area (Å²) in [7, 11) is 0. The summed E-state index contributed by atoms with van der Waals surface area (Å²) in [5, 5.41) is 27.5. The first kappa shape index (κ1) is 62.9. The number of nitrogens with zero attached hydrogens (tertiary/aromatic N) is 6. The van der Waals surface area contributed by atoms with E-state index in [4.69, 9.17) is 34.2 Å². The average molecular weight is 1150 g/mol. The monoisotopic (exact) mass is 1150 g/mol. The molecule has 0 unspecified atom stereocenters. The number of likely N-dealkylation sites (tertiary alicyclic amines) is 1. The highest BCUT2D eigenvalue weighted by Crippen LogP contribution is 2.48. The highest BCUT2D eigenvalue weighted by atomic mass is 32.2. The molecule has 0 spiro atoms. The summed E-state index contributed by atoms with van der Waals surface area (Å²) < 4.78 is 34.9. The first-order chi connectivity index (χ1) is 38.5. The Hall–Kier alpha value is -4.66. The maximum atomic E-state index is 14.0. The normalized spacial score (nSPS) is 21.9. The molecule has 5 atom stereocenters. The third-order valence-electron chi connectivity index (χ3n) is 15.4. The maximum absolute atomic E-state index is 14.0. The Morgan fingerprint density at radius 1 is 0.900 bits per heavy atom. The van der Waals surface area contributed by atoms with Crippen molar-refractivity contribution in [3.63, 3.8) is 0 Å². The predicted octanol–water partition coefficient (Wildman–Crippen LogP) is 3.91. The summed E-state index contributed by atoms with van der Waals surface area (Å²) in [4.78, 5) is 74.8. The van der Waals surface area contributed by atoms with E-state index in [2.05, 4.69) is 42.1 Å². The van der Waals surface area contributed by atoms with Gasteiger partial charge < -0.3 is 59.9 Å². The molecule has 80 heavy (non-hydrogen) atoms. The van der Waals surface area contributed by atoms with E-state index in [0.29, 0.717) is 64.6 Å². The van der Waals surface area contributed by atoms with Crippen LogP contribution < -0.4 is 21.1 Å². The second-order valence-corrected chi connectivity index (χ2v) is 24.0. The Bertz CT molecular complexity index is 2530. The van der Waals surface area contributed by atoms with Crippen LogP contribution in [-0.2, 0) is 55.8 Å². The molecule has 4 aliphatic rings. The van der Waals surface area contributed by atoms with Crippen LogP contribution in [0.15, 0.2) is 41.3 Å². The van der Waals surface area contributed by atoms with Crippen LogP contribution in [0.4, 0.5) is 0 Å². The summed E-state index contributed by atoms with van der Waals surface area (Å²) >= 11 is 3.24. The van der Waals surface area contributed by atoms with E-state index < -0.39 is 47.4 Å². The number of carbonyl (C=O) groups excluding carboxylic acids is 4. The van der Waals surface area contributed by atoms with E-state index in [1.807, 2.05) is 58.2 Å². The zero-order chi connectivity index (χ0) is 57.2. The molecule has 442 valence electrons. The molecule has 1 aromatic carbocycles. The lowest BCUT2D eigenvalue weighted by Crippen LogP contribution is -2.58. The number of primary amides is 1. The zero-order valence-corrected chi connectivity index (χ0v) is 49.0. The number of thioether (sulfide) groups is 1. The van der Waals surface area contributed by atoms with Crippen LogP contribution in [0.3, 0.4) is 0 Å². The molecule has 6 N–H and O–H groups in total. The lowest BCUT2D eigenvalue weighted by molar-refractivity contribution is -0.144. The van der Waals surface area contributed by atoms with E-state index in [0.717, 1.165) is 109 Å². The molecular formula is C57H85N9O12S2. The smallest absolute Gasteiger partial charge is 0.246 e. The first-order valence-corrected chi connectivity index (χ1v) is 30.2. The lowest BCUT2D eigenvalue weighted by atomic mass is 9.85. The number of nitrogens with one attached hydrogen (secondary N) is 2. The van der Waals surface area contributed by atoms with Crippen LogP contribution in [0.5, 0.6) is 5.88 Å². The number of aliphatic hydroxyl groups is 2. The van der Waals surface area contributed by atoms with Crippen molar-refractivity contribution in [2.24, 2.45) is 16.1 Å². The molecular weight excluding hydrogens is 1070 g/mol. The van der Waals surface area contributed by atoms with Crippen LogP contribution in [0.1, 0.15) is 100 Å². The Morgan fingerprint density at radius 3 is 2.15 bits per heavy atom. The molecule has 0 bridgehead atoms. The summed E-state index contributed by atoms with van der Waals surface area (Å²) in [6.45, 7) is 19.6. The molecule has 3 aromatic rings. The second-order valence-electron chi connectivity index (χ2n) is 22.1. The minimum atomic E-state index is -1.17. The minimum Gasteiger partial charge on any atom is -0.474 e. The number of allylic oxidation sites excluding steroid dienone is 1. The number of ether oxygens (including phenoxy) is 6. The van der Waals surface area contributed by atoms with Gasteiger partial charge in [0.1, 0.15) is 42.1 Å². The largest absolute Gasteiger partial charge is 0.474 e. The number of piperazine rings is 1. The molecule has 3 fully saturated rings. The topological polar surface area (TPSA) is 262 Å². The van der Waals surface area contributed by atoms with Crippen molar-refractivity contribution in [2.45, 2.75) is 128 Å². The van der Waals surface area contributed by atoms with Gasteiger partial charge in [-0.3, -0.25) is 34.0 Å². The number of nitrogens with two attached hydrogens (primary N) is 1. The van der Waals surface area contributed by atoms with Crippen LogP contribution in [0.2, 0.25) is 0 Å². The van der Waals surface area contributed by atoms with Crippen LogP contribution >= 0.6 is 23.1 Å². The van der Waals surface area contributed by atoms with Gasteiger partial charge >= 0.3 is 0 Å². The highest BCUT2D eigenvalue weighted by molar-refractivity contribution is 8.07. The van der Waals surface area contributed by atoms with Gasteiger partial charge in [-0.15, -0.1) is 23.1 Å². The van der Waals surface area contributed by atoms with E-state index >= 15 is 0 Å². The highest BCUT2D eigenvalue weighted by Gasteiger charge is 2.44. The fourth-order valence-electron chi connectivity index (χ4n) is 11.0. The Labute approximate surface area is 479 Å². The number of aliphatic hydroxyl groups excluding tert-OH is 2. The average Bonchev–Trinajstić information content (AvgIpc) is 4.29. The molecule has 1 saturated carbocycles. The molecule has 21 nitrogen and oxygen atoms in total. The number of thiophene rings is 1. The third-order valence-corrected chi connectivity index (χ3v) is 17.5. The van der Waals surface area contributed by atoms with Gasteiger partial charge in [0.25, 0.3) is 0 Å². The molecule has 0 radical (unpaired) electrons. The quantitative estimate of drug-likeness (QED) is 0.0452. The fraction of sp³-hybridized carbons (Fsp3) is 0.667. The van der Waals surface area contributed by atoms with E-state index in [1.165, 1.54) is 9.78 Å². The molecule has 23 heteroatoms. The maximum Gasteiger partial charge on any atom is 0.246 e. The third kappa shape index (κ3) is 17.9. The number of amides is 4. The number of hydrogen-bond acceptors (Lipinski definition) is 19. The van der Waals surface area contributed by atoms with E-state index in [-0.39, 0.29) is 57.3 Å². The van der Waals surface area contributed by atoms with Gasteiger partial charge in [0.2, 0.25) is 29.5 Å². The van der Waals surface area contributed by atoms with Gasteiger partial charge in [0, 0.05) is 68.1 Å². The molecule has 2 aliphatic carbocycles. The van der Waals surface area contributed by atoms with Gasteiger partial charge in [0.05, 0.1) is 76.6 Å². The molecule has 4 heterocycles. The molecule has 2 aliphatic heterocycles. The Morgan fingerprint density at radius 2 is 1.54 bits per heavy atom. The number of hydrogen-bond donors (Lipinski definition) is 5. The standard InChI is InChI=1S/C57H85N9O12S2/c1-37(59-5)50(79-6)39-9-7-38(8-10-39)33-60-53(71)44-32-42(67)34-66(44)56(72)51(57(2,3)4)63-47(69)35-77-30-29-76-28-27-75-26-25-74-24-23-73-22-21-64-17-19-65(20-18-64)41-12-14-43(15-13-41)78-54-49-48-40(31-45(68)52(58)70)11-16-46(48)80-55(49)62-36-61-54/h7-10,36,40-45,51,67-68H,5,11-35H2,1-4,6H3,(H2,58,70)(H,60,71)(H,63,69)/b50-37-/t40-,41?,42-,43?,44+,45+,51-/m1/s1. The second kappa shape index (κ2) is 31.1. The Balaban J connectivity index is 0.672. The Kier molecular flexibility index (Phi) is 24.5. The zero-order valence-electron chi connectivity index (χ0n) is 47.4. The number of carbonyl (C=O) groups is 4. The number of aromatic nitrogens is 2. The molecule has 7 rings (SSSR count). The lowest BCUT2D eigenvalue weighted by Gasteiger charge is -2.41. The van der Waals surface area contributed by atoms with Gasteiger partial charge in [-0.25, -0.2) is 9.97 Å². The summed E-state index contributed by atoms with van der Waals surface area (Å²) in [6, 6.07) is 6.46. The van der Waals surface area contributed by atoms with Crippen LogP contribution in [0, 0.1) is 5.41 Å². The van der Waals surface area contributed by atoms with Gasteiger partial charge in [0.15, 0.2) is 0 Å². The van der Waals surface area contributed by atoms with Gasteiger partial charge in [-0.05, 0) is 92.9 Å². The number of benzene rings is 1. The predicted molar refractivity (Wildman–Crippen MR) is 309 cm³/mol. The molecule has 2 saturated heterocycles.